The second-order valence-corrected chi connectivity index (χ2v) is 19.0. The van der Waals surface area contributed by atoms with E-state index in [1.54, 1.807) is 12.1 Å². The Kier molecular flexibility index (Phi) is 19.5. The van der Waals surface area contributed by atoms with Gasteiger partial charge in [0.25, 0.3) is 0 Å². The summed E-state index contributed by atoms with van der Waals surface area (Å²) in [5.41, 5.74) is 0.187. The highest BCUT2D eigenvalue weighted by Crippen LogP contribution is 2.66. The van der Waals surface area contributed by atoms with Crippen molar-refractivity contribution < 1.29 is 66.4 Å². The highest BCUT2D eigenvalue weighted by atomic mass is 16.6. The van der Waals surface area contributed by atoms with Crippen LogP contribution in [-0.4, -0.2) is 142 Å². The van der Waals surface area contributed by atoms with E-state index < -0.39 is 5.97 Å². The molecule has 0 radical (unpaired) electrons. The molecule has 2 unspecified atom stereocenters. The summed E-state index contributed by atoms with van der Waals surface area (Å²) in [6.07, 6.45) is 6.42. The molecule has 2 atom stereocenters. The normalized spacial score (nSPS) is 23.4. The van der Waals surface area contributed by atoms with Crippen molar-refractivity contribution in [3.8, 4) is 17.2 Å². The lowest BCUT2D eigenvalue weighted by atomic mass is 9.43. The van der Waals surface area contributed by atoms with E-state index >= 15 is 0 Å². The van der Waals surface area contributed by atoms with Crippen LogP contribution in [0.15, 0.2) is 12.1 Å². The van der Waals surface area contributed by atoms with Gasteiger partial charge < -0.3 is 62.2 Å². The molecule has 4 bridgehead atoms. The van der Waals surface area contributed by atoms with E-state index in [4.69, 9.17) is 56.8 Å². The van der Waals surface area contributed by atoms with Gasteiger partial charge in [-0.2, -0.15) is 0 Å². The summed E-state index contributed by atoms with van der Waals surface area (Å²) < 4.78 is 68.6. The van der Waals surface area contributed by atoms with Gasteiger partial charge in [-0.05, 0) is 109 Å². The molecule has 0 heterocycles. The third-order valence-corrected chi connectivity index (χ3v) is 10.6. The fourth-order valence-corrected chi connectivity index (χ4v) is 9.39. The average molecular weight is 854 g/mol. The summed E-state index contributed by atoms with van der Waals surface area (Å²) in [7, 11) is 1.30. The molecule has 4 aliphatic rings. The monoisotopic (exact) mass is 854 g/mol. The molecule has 4 fully saturated rings. The van der Waals surface area contributed by atoms with Crippen LogP contribution in [0.4, 0.5) is 4.79 Å². The van der Waals surface area contributed by atoms with Crippen molar-refractivity contribution in [2.24, 2.45) is 16.7 Å². The lowest BCUT2D eigenvalue weighted by Gasteiger charge is -2.65. The fourth-order valence-electron chi connectivity index (χ4n) is 9.39. The van der Waals surface area contributed by atoms with Gasteiger partial charge in [-0.3, -0.25) is 0 Å². The van der Waals surface area contributed by atoms with Crippen LogP contribution < -0.4 is 19.5 Å². The van der Waals surface area contributed by atoms with Crippen molar-refractivity contribution in [3.05, 3.63) is 17.7 Å². The molecular weight excluding hydrogens is 778 g/mol. The minimum Gasteiger partial charge on any atom is -0.487 e. The molecule has 4 aliphatic carbocycles. The summed E-state index contributed by atoms with van der Waals surface area (Å²) in [6, 6.07) is 3.09. The number of methoxy groups -OCH3 is 1. The first-order valence-electron chi connectivity index (χ1n) is 21.7. The molecule has 1 amide bonds. The van der Waals surface area contributed by atoms with E-state index in [9.17, 15) is 9.59 Å². The minimum absolute atomic E-state index is 0.113. The third kappa shape index (κ3) is 17.8. The van der Waals surface area contributed by atoms with Crippen LogP contribution in [0.1, 0.15) is 104 Å². The number of ether oxygens (including phenoxy) is 12. The first kappa shape index (κ1) is 49.7. The van der Waals surface area contributed by atoms with E-state index in [0.717, 1.165) is 19.3 Å². The zero-order chi connectivity index (χ0) is 43.7. The lowest BCUT2D eigenvalue weighted by Crippen LogP contribution is -2.65. The Morgan fingerprint density at radius 3 is 1.43 bits per heavy atom. The van der Waals surface area contributed by atoms with Gasteiger partial charge in [-0.15, -0.1) is 0 Å². The molecule has 60 heavy (non-hydrogen) atoms. The first-order valence-corrected chi connectivity index (χ1v) is 21.7. The Hall–Kier alpha value is -2.92. The van der Waals surface area contributed by atoms with Crippen LogP contribution in [0.3, 0.4) is 0 Å². The first-order chi connectivity index (χ1) is 28.4. The van der Waals surface area contributed by atoms with Crippen LogP contribution >= 0.6 is 0 Å². The highest BCUT2D eigenvalue weighted by Gasteiger charge is 2.60. The maximum atomic E-state index is 12.9. The largest absolute Gasteiger partial charge is 0.487 e. The predicted molar refractivity (Wildman–Crippen MR) is 224 cm³/mol. The van der Waals surface area contributed by atoms with Crippen molar-refractivity contribution >= 4 is 12.1 Å². The maximum Gasteiger partial charge on any atom is 0.407 e. The number of hydrogen-bond donors (Lipinski definition) is 1. The second-order valence-electron chi connectivity index (χ2n) is 19.0. The van der Waals surface area contributed by atoms with E-state index in [2.05, 4.69) is 19.2 Å². The molecule has 344 valence electrons. The van der Waals surface area contributed by atoms with E-state index in [0.29, 0.717) is 58.8 Å². The Morgan fingerprint density at radius 2 is 1.00 bits per heavy atom. The molecule has 1 aromatic carbocycles. The summed E-state index contributed by atoms with van der Waals surface area (Å²) in [4.78, 5) is 25.6. The SMILES string of the molecule is COC(=O)c1cc(OCCOCCOCCOC(C)(C)C)c(OCCOCCOC(=O)NC23CC4CC(C)(CC(C)(C4)C2)C3)c(OCCOCCOCCOC(C)(C)C)c1. The molecule has 0 aliphatic heterocycles. The molecule has 1 aromatic rings. The van der Waals surface area contributed by atoms with Crippen molar-refractivity contribution in [3.63, 3.8) is 0 Å². The van der Waals surface area contributed by atoms with Gasteiger partial charge in [0.2, 0.25) is 5.75 Å². The molecule has 0 saturated heterocycles. The highest BCUT2D eigenvalue weighted by molar-refractivity contribution is 5.91. The summed E-state index contributed by atoms with van der Waals surface area (Å²) in [6.45, 7) is 21.7. The van der Waals surface area contributed by atoms with Gasteiger partial charge in [0.05, 0.1) is 103 Å². The van der Waals surface area contributed by atoms with E-state index in [-0.39, 0.29) is 109 Å². The van der Waals surface area contributed by atoms with Crippen LogP contribution in [0.5, 0.6) is 17.2 Å². The van der Waals surface area contributed by atoms with Crippen LogP contribution in [0.2, 0.25) is 0 Å². The van der Waals surface area contributed by atoms with E-state index in [1.807, 2.05) is 41.5 Å². The number of carbonyl (C=O) groups excluding carboxylic acids is 2. The number of rotatable bonds is 29. The molecule has 5 rings (SSSR count). The Balaban J connectivity index is 1.24. The Morgan fingerprint density at radius 1 is 0.583 bits per heavy atom. The van der Waals surface area contributed by atoms with Crippen molar-refractivity contribution in [2.75, 3.05) is 113 Å². The van der Waals surface area contributed by atoms with Gasteiger partial charge in [0.1, 0.15) is 26.4 Å². The molecule has 0 aromatic heterocycles. The zero-order valence-electron chi connectivity index (χ0n) is 38.0. The average Bonchev–Trinajstić information content (AvgIpc) is 3.13. The summed E-state index contributed by atoms with van der Waals surface area (Å²) in [5.74, 6) is 0.920. The summed E-state index contributed by atoms with van der Waals surface area (Å²) >= 11 is 0. The number of hydrogen-bond acceptors (Lipinski definition) is 14. The smallest absolute Gasteiger partial charge is 0.407 e. The number of nitrogens with one attached hydrogen (secondary N) is 1. The fraction of sp³-hybridized carbons (Fsp3) is 0.822. The van der Waals surface area contributed by atoms with Crippen LogP contribution in [0.25, 0.3) is 0 Å². The van der Waals surface area contributed by atoms with Crippen LogP contribution in [-0.2, 0) is 42.6 Å². The zero-order valence-corrected chi connectivity index (χ0v) is 38.0. The Bertz CT molecular complexity index is 1390. The van der Waals surface area contributed by atoms with Crippen molar-refractivity contribution in [2.45, 2.75) is 111 Å². The standard InChI is InChI=1S/C45H75NO14/c1-41(2,3)59-24-18-52-12-10-50-14-20-55-36-26-35(39(47)49-9)27-37(56-21-15-51-11-13-53-19-25-60-42(4,5)6)38(36)57-22-16-54-17-23-58-40(48)46-45-30-34-28-43(7,32-45)31-44(8,29-34)33-45/h26-27,34H,10-25,28-33H2,1-9H3,(H,46,48). The number of carbonyl (C=O) groups is 2. The summed E-state index contributed by atoms with van der Waals surface area (Å²) in [5, 5.41) is 3.27. The number of amides is 1. The second kappa shape index (κ2) is 23.5. The predicted octanol–water partition coefficient (Wildman–Crippen LogP) is 6.80. The molecule has 0 spiro atoms. The Labute approximate surface area is 358 Å². The molecule has 15 nitrogen and oxygen atoms in total. The topological polar surface area (TPSA) is 157 Å². The molecular formula is C45H75NO14. The van der Waals surface area contributed by atoms with Gasteiger partial charge in [-0.25, -0.2) is 9.59 Å². The van der Waals surface area contributed by atoms with Gasteiger partial charge in [0, 0.05) is 5.54 Å². The minimum atomic E-state index is -0.567. The molecule has 15 heteroatoms. The van der Waals surface area contributed by atoms with Crippen LogP contribution in [0, 0.1) is 16.7 Å². The number of alkyl carbamates (subject to hydrolysis) is 1. The van der Waals surface area contributed by atoms with Gasteiger partial charge in [0.15, 0.2) is 11.5 Å². The quantitative estimate of drug-likeness (QED) is 0.0663. The third-order valence-electron chi connectivity index (χ3n) is 10.6. The van der Waals surface area contributed by atoms with Gasteiger partial charge in [-0.1, -0.05) is 13.8 Å². The van der Waals surface area contributed by atoms with Gasteiger partial charge >= 0.3 is 12.1 Å². The van der Waals surface area contributed by atoms with Crippen molar-refractivity contribution in [1.82, 2.24) is 5.32 Å². The van der Waals surface area contributed by atoms with Crippen molar-refractivity contribution in [1.29, 1.82) is 0 Å². The number of esters is 1. The maximum absolute atomic E-state index is 12.9. The molecule has 4 saturated carbocycles. The lowest BCUT2D eigenvalue weighted by molar-refractivity contribution is -0.115. The molecule has 1 N–H and O–H groups in total. The van der Waals surface area contributed by atoms with E-state index in [1.165, 1.54) is 26.4 Å². The number of benzene rings is 1.